The van der Waals surface area contributed by atoms with Gasteiger partial charge in [0.25, 0.3) is 5.89 Å². The maximum atomic E-state index is 6.26. The Kier molecular flexibility index (Phi) is 5.63. The van der Waals surface area contributed by atoms with Crippen LogP contribution in [0.5, 0.6) is 0 Å². The molecule has 2 aromatic carbocycles. The number of benzene rings is 2. The van der Waals surface area contributed by atoms with Crippen LogP contribution >= 0.6 is 11.6 Å². The van der Waals surface area contributed by atoms with Crippen molar-refractivity contribution in [3.8, 4) is 11.4 Å². The van der Waals surface area contributed by atoms with E-state index in [1.54, 1.807) is 6.20 Å². The van der Waals surface area contributed by atoms with Crippen molar-refractivity contribution < 1.29 is 4.52 Å². The third-order valence-electron chi connectivity index (χ3n) is 4.92. The van der Waals surface area contributed by atoms with Crippen LogP contribution in [0.1, 0.15) is 28.1 Å². The van der Waals surface area contributed by atoms with Gasteiger partial charge in [-0.2, -0.15) is 4.98 Å². The number of nitrogens with zero attached hydrogens (tertiary/aromatic N) is 3. The molecule has 0 amide bonds. The van der Waals surface area contributed by atoms with Gasteiger partial charge in [-0.25, -0.2) is 4.98 Å². The van der Waals surface area contributed by atoms with E-state index in [4.69, 9.17) is 16.1 Å². The molecule has 0 unspecified atom stereocenters. The van der Waals surface area contributed by atoms with E-state index >= 15 is 0 Å². The SMILES string of the molecule is CNc1ncccc1-c1noc(/C(=C/c2ccc(C)c(C)c2)c2cccc(Cl)c2)n1. The number of nitrogens with one attached hydrogen (secondary N) is 1. The van der Waals surface area contributed by atoms with Crippen LogP contribution in [0, 0.1) is 13.8 Å². The minimum Gasteiger partial charge on any atom is -0.373 e. The van der Waals surface area contributed by atoms with Gasteiger partial charge in [-0.05, 0) is 66.4 Å². The Morgan fingerprint density at radius 2 is 1.90 bits per heavy atom. The Hall–Kier alpha value is -3.44. The van der Waals surface area contributed by atoms with Gasteiger partial charge in [-0.1, -0.05) is 47.1 Å². The standard InChI is InChI=1S/C24H21ClN4O/c1-15-9-10-17(12-16(15)2)13-21(18-6-4-7-19(25)14-18)24-28-23(29-30-24)20-8-5-11-27-22(20)26-3/h4-14H,1-3H3,(H,26,27)/b21-13+. The Labute approximate surface area is 180 Å². The van der Waals surface area contributed by atoms with Crippen LogP contribution in [0.25, 0.3) is 23.0 Å². The van der Waals surface area contributed by atoms with E-state index in [0.29, 0.717) is 22.6 Å². The van der Waals surface area contributed by atoms with Gasteiger partial charge >= 0.3 is 0 Å². The van der Waals surface area contributed by atoms with Crippen LogP contribution in [0.15, 0.2) is 65.3 Å². The molecule has 150 valence electrons. The molecule has 2 heterocycles. The van der Waals surface area contributed by atoms with E-state index in [9.17, 15) is 0 Å². The summed E-state index contributed by atoms with van der Waals surface area (Å²) >= 11 is 6.26. The van der Waals surface area contributed by atoms with Gasteiger partial charge in [-0.3, -0.25) is 0 Å². The largest absolute Gasteiger partial charge is 0.373 e. The summed E-state index contributed by atoms with van der Waals surface area (Å²) < 4.78 is 5.67. The highest BCUT2D eigenvalue weighted by molar-refractivity contribution is 6.30. The lowest BCUT2D eigenvalue weighted by Crippen LogP contribution is -1.96. The molecule has 0 saturated heterocycles. The van der Waals surface area contributed by atoms with Crippen molar-refractivity contribution >= 4 is 29.1 Å². The summed E-state index contributed by atoms with van der Waals surface area (Å²) in [6.07, 6.45) is 3.75. The highest BCUT2D eigenvalue weighted by Crippen LogP contribution is 2.30. The molecule has 0 bridgehead atoms. The minimum absolute atomic E-state index is 0.413. The lowest BCUT2D eigenvalue weighted by molar-refractivity contribution is 0.409. The molecule has 2 aromatic heterocycles. The Bertz CT molecular complexity index is 1230. The van der Waals surface area contributed by atoms with Gasteiger partial charge in [-0.15, -0.1) is 0 Å². The fraction of sp³-hybridized carbons (Fsp3) is 0.125. The summed E-state index contributed by atoms with van der Waals surface area (Å²) in [7, 11) is 1.81. The molecule has 0 aliphatic carbocycles. The first kappa shape index (κ1) is 19.9. The van der Waals surface area contributed by atoms with E-state index in [1.165, 1.54) is 11.1 Å². The second kappa shape index (κ2) is 8.51. The second-order valence-electron chi connectivity index (χ2n) is 6.98. The number of halogens is 1. The number of anilines is 1. The van der Waals surface area contributed by atoms with Crippen LogP contribution in [-0.2, 0) is 0 Å². The molecule has 30 heavy (non-hydrogen) atoms. The van der Waals surface area contributed by atoms with Crippen molar-refractivity contribution in [3.05, 3.63) is 94.0 Å². The number of aryl methyl sites for hydroxylation is 2. The third kappa shape index (κ3) is 4.11. The molecule has 0 aliphatic heterocycles. The molecule has 0 saturated carbocycles. The summed E-state index contributed by atoms with van der Waals surface area (Å²) in [6, 6.07) is 17.7. The highest BCUT2D eigenvalue weighted by Gasteiger charge is 2.17. The summed E-state index contributed by atoms with van der Waals surface area (Å²) in [4.78, 5) is 8.98. The van der Waals surface area contributed by atoms with Crippen LogP contribution in [0.4, 0.5) is 5.82 Å². The van der Waals surface area contributed by atoms with Gasteiger partial charge in [0.05, 0.1) is 5.56 Å². The van der Waals surface area contributed by atoms with Crippen molar-refractivity contribution in [2.45, 2.75) is 13.8 Å². The number of rotatable bonds is 5. The topological polar surface area (TPSA) is 63.8 Å². The predicted octanol–water partition coefficient (Wildman–Crippen LogP) is 6.03. The maximum Gasteiger partial charge on any atom is 0.258 e. The quantitative estimate of drug-likeness (QED) is 0.402. The van der Waals surface area contributed by atoms with Gasteiger partial charge in [0.1, 0.15) is 5.82 Å². The van der Waals surface area contributed by atoms with Crippen molar-refractivity contribution in [1.82, 2.24) is 15.1 Å². The first-order chi connectivity index (χ1) is 14.5. The number of hydrogen-bond acceptors (Lipinski definition) is 5. The molecule has 0 atom stereocenters. The molecular weight excluding hydrogens is 396 g/mol. The average Bonchev–Trinajstić information content (AvgIpc) is 3.24. The summed E-state index contributed by atoms with van der Waals surface area (Å²) in [5.41, 5.74) is 5.98. The van der Waals surface area contributed by atoms with Gasteiger partial charge in [0, 0.05) is 23.8 Å². The molecule has 5 nitrogen and oxygen atoms in total. The van der Waals surface area contributed by atoms with E-state index < -0.39 is 0 Å². The van der Waals surface area contributed by atoms with Crippen LogP contribution in [0.3, 0.4) is 0 Å². The van der Waals surface area contributed by atoms with E-state index in [2.05, 4.69) is 52.5 Å². The number of aromatic nitrogens is 3. The fourth-order valence-electron chi connectivity index (χ4n) is 3.17. The Balaban J connectivity index is 1.84. The molecule has 0 fully saturated rings. The molecule has 0 aliphatic rings. The zero-order valence-corrected chi connectivity index (χ0v) is 17.7. The first-order valence-electron chi connectivity index (χ1n) is 9.57. The third-order valence-corrected chi connectivity index (χ3v) is 5.15. The zero-order valence-electron chi connectivity index (χ0n) is 17.0. The molecule has 4 aromatic rings. The zero-order chi connectivity index (χ0) is 21.1. The highest BCUT2D eigenvalue weighted by atomic mass is 35.5. The van der Waals surface area contributed by atoms with Crippen molar-refractivity contribution in [2.75, 3.05) is 12.4 Å². The second-order valence-corrected chi connectivity index (χ2v) is 7.42. The maximum absolute atomic E-state index is 6.26. The normalized spacial score (nSPS) is 11.5. The van der Waals surface area contributed by atoms with Crippen LogP contribution in [-0.4, -0.2) is 22.2 Å². The van der Waals surface area contributed by atoms with Crippen LogP contribution < -0.4 is 5.32 Å². The molecule has 1 N–H and O–H groups in total. The van der Waals surface area contributed by atoms with Crippen LogP contribution in [0.2, 0.25) is 5.02 Å². The van der Waals surface area contributed by atoms with Crippen molar-refractivity contribution in [1.29, 1.82) is 0 Å². The summed E-state index contributed by atoms with van der Waals surface area (Å²) in [5, 5.41) is 7.90. The lowest BCUT2D eigenvalue weighted by Gasteiger charge is -2.06. The molecule has 6 heteroatoms. The summed E-state index contributed by atoms with van der Waals surface area (Å²) in [5.74, 6) is 1.57. The fourth-order valence-corrected chi connectivity index (χ4v) is 3.36. The minimum atomic E-state index is 0.413. The smallest absolute Gasteiger partial charge is 0.258 e. The monoisotopic (exact) mass is 416 g/mol. The van der Waals surface area contributed by atoms with Crippen molar-refractivity contribution in [2.24, 2.45) is 0 Å². The van der Waals surface area contributed by atoms with Crippen molar-refractivity contribution in [3.63, 3.8) is 0 Å². The Morgan fingerprint density at radius 3 is 2.67 bits per heavy atom. The van der Waals surface area contributed by atoms with Gasteiger partial charge < -0.3 is 9.84 Å². The first-order valence-corrected chi connectivity index (χ1v) is 9.95. The molecule has 4 rings (SSSR count). The lowest BCUT2D eigenvalue weighted by atomic mass is 10.0. The van der Waals surface area contributed by atoms with E-state index in [0.717, 1.165) is 22.3 Å². The molecular formula is C24H21ClN4O. The van der Waals surface area contributed by atoms with Gasteiger partial charge in [0.15, 0.2) is 0 Å². The average molecular weight is 417 g/mol. The van der Waals surface area contributed by atoms with E-state index in [-0.39, 0.29) is 0 Å². The molecule has 0 spiro atoms. The Morgan fingerprint density at radius 1 is 1.03 bits per heavy atom. The van der Waals surface area contributed by atoms with Gasteiger partial charge in [0.2, 0.25) is 5.82 Å². The molecule has 0 radical (unpaired) electrons. The number of hydrogen-bond donors (Lipinski definition) is 1. The van der Waals surface area contributed by atoms with E-state index in [1.807, 2.05) is 49.5 Å². The summed E-state index contributed by atoms with van der Waals surface area (Å²) in [6.45, 7) is 4.19. The number of pyridine rings is 1. The predicted molar refractivity (Wildman–Crippen MR) is 121 cm³/mol.